The van der Waals surface area contributed by atoms with E-state index in [1.165, 1.54) is 12.5 Å². The number of methoxy groups -OCH3 is 1. The van der Waals surface area contributed by atoms with Gasteiger partial charge in [-0.05, 0) is 61.9 Å². The predicted octanol–water partition coefficient (Wildman–Crippen LogP) is 3.79. The Bertz CT molecular complexity index is 1460. The van der Waals surface area contributed by atoms with Gasteiger partial charge in [0.1, 0.15) is 11.7 Å². The summed E-state index contributed by atoms with van der Waals surface area (Å²) in [5.74, 6) is 6.72. The third-order valence-corrected chi connectivity index (χ3v) is 9.55. The van der Waals surface area contributed by atoms with E-state index >= 15 is 0 Å². The second kappa shape index (κ2) is 9.71. The smallest absolute Gasteiger partial charge is 0.303 e. The molecular formula is C33H36N2O5. The average Bonchev–Trinajstić information content (AvgIpc) is 3.28. The fraction of sp³-hybridized carbons (Fsp3) is 0.455. The summed E-state index contributed by atoms with van der Waals surface area (Å²) in [6.07, 6.45) is 4.23. The molecule has 5 atom stereocenters. The second-order valence-electron chi connectivity index (χ2n) is 11.5. The van der Waals surface area contributed by atoms with Gasteiger partial charge < -0.3 is 19.1 Å². The number of ether oxygens (including phenoxy) is 3. The number of carbonyl (C=O) groups is 2. The van der Waals surface area contributed by atoms with E-state index in [1.807, 2.05) is 50.4 Å². The van der Waals surface area contributed by atoms with Crippen LogP contribution in [-0.2, 0) is 26.2 Å². The summed E-state index contributed by atoms with van der Waals surface area (Å²) in [5, 5.41) is 0. The molecule has 0 aromatic heterocycles. The first-order chi connectivity index (χ1) is 19.3. The summed E-state index contributed by atoms with van der Waals surface area (Å²) in [6.45, 7) is 9.01. The highest BCUT2D eigenvalue weighted by Crippen LogP contribution is 2.67. The normalized spacial score (nSPS) is 29.2. The Morgan fingerprint density at radius 1 is 1.27 bits per heavy atom. The maximum absolute atomic E-state index is 13.5. The lowest BCUT2D eigenvalue weighted by atomic mass is 9.48. The van der Waals surface area contributed by atoms with E-state index in [2.05, 4.69) is 29.4 Å². The third-order valence-electron chi connectivity index (χ3n) is 9.55. The molecule has 4 aliphatic rings. The molecule has 0 unspecified atom stereocenters. The number of esters is 1. The van der Waals surface area contributed by atoms with Gasteiger partial charge in [0.15, 0.2) is 11.5 Å². The van der Waals surface area contributed by atoms with Crippen molar-refractivity contribution in [2.24, 2.45) is 0 Å². The molecular weight excluding hydrogens is 504 g/mol. The van der Waals surface area contributed by atoms with Crippen molar-refractivity contribution in [3.05, 3.63) is 71.3 Å². The van der Waals surface area contributed by atoms with E-state index in [9.17, 15) is 9.59 Å². The monoisotopic (exact) mass is 540 g/mol. The summed E-state index contributed by atoms with van der Waals surface area (Å²) in [5.41, 5.74) is 2.78. The summed E-state index contributed by atoms with van der Waals surface area (Å²) in [6, 6.07) is 11.6. The Labute approximate surface area is 236 Å². The van der Waals surface area contributed by atoms with Gasteiger partial charge in [0.05, 0.1) is 24.6 Å². The number of carbonyl (C=O) groups excluding carboxylic acids is 2. The SMILES string of the molecule is C=CCN1CC[C@]23c4c5ccc(OC)c4O[C@H]2[C@@H](N(C)C(=O)C#Cc2cccc(C)c2)CC[C@@]3(OC(C)=O)[C@H]1C5. The van der Waals surface area contributed by atoms with Gasteiger partial charge in [0, 0.05) is 44.1 Å². The van der Waals surface area contributed by atoms with Crippen molar-refractivity contribution in [1.82, 2.24) is 9.80 Å². The first kappa shape index (κ1) is 26.5. The number of likely N-dealkylation sites (tertiary alicyclic amines) is 1. The van der Waals surface area contributed by atoms with Crippen LogP contribution in [0.25, 0.3) is 0 Å². The molecule has 1 spiro atoms. The molecule has 2 aromatic carbocycles. The highest BCUT2D eigenvalue weighted by atomic mass is 16.6. The minimum absolute atomic E-state index is 0.0239. The van der Waals surface area contributed by atoms with Gasteiger partial charge in [-0.1, -0.05) is 30.2 Å². The van der Waals surface area contributed by atoms with E-state index in [0.29, 0.717) is 25.1 Å². The van der Waals surface area contributed by atoms with Crippen LogP contribution in [0.4, 0.5) is 0 Å². The predicted molar refractivity (Wildman–Crippen MR) is 151 cm³/mol. The molecule has 0 radical (unpaired) electrons. The van der Waals surface area contributed by atoms with Crippen LogP contribution in [0.1, 0.15) is 48.4 Å². The van der Waals surface area contributed by atoms with Crippen LogP contribution < -0.4 is 9.47 Å². The fourth-order valence-corrected chi connectivity index (χ4v) is 8.06. The molecule has 6 rings (SSSR count). The Kier molecular flexibility index (Phi) is 6.42. The minimum Gasteiger partial charge on any atom is -0.493 e. The Morgan fingerprint density at radius 2 is 2.10 bits per heavy atom. The van der Waals surface area contributed by atoms with E-state index in [-0.39, 0.29) is 24.0 Å². The number of benzene rings is 2. The number of aryl methyl sites for hydroxylation is 1. The lowest BCUT2D eigenvalue weighted by molar-refractivity contribution is -0.222. The van der Waals surface area contributed by atoms with Gasteiger partial charge >= 0.3 is 5.97 Å². The summed E-state index contributed by atoms with van der Waals surface area (Å²) in [4.78, 5) is 30.4. The third kappa shape index (κ3) is 3.69. The van der Waals surface area contributed by atoms with Crippen LogP contribution in [0, 0.1) is 18.8 Å². The lowest BCUT2D eigenvalue weighted by Crippen LogP contribution is -2.79. The standard InChI is InChI=1S/C33H36N2O5/c1-6-17-35-18-16-32-29-24-11-12-26(38-5)30(29)39-31(32)25(14-15-33(32,27(35)20-24)40-22(3)36)34(4)28(37)13-10-23-9-7-8-21(2)19-23/h6-9,11-12,19,25,27,31H,1,14-18,20H2,2-5H3/t25-,27+,31-,32-,33+/m0/s1. The Balaban J connectivity index is 1.46. The largest absolute Gasteiger partial charge is 0.493 e. The van der Waals surface area contributed by atoms with Crippen LogP contribution in [0.5, 0.6) is 11.5 Å². The van der Waals surface area contributed by atoms with Gasteiger partial charge in [0.2, 0.25) is 0 Å². The molecule has 2 fully saturated rings. The molecule has 208 valence electrons. The maximum atomic E-state index is 13.5. The number of rotatable bonds is 5. The van der Waals surface area contributed by atoms with Crippen molar-refractivity contribution in [3.63, 3.8) is 0 Å². The highest BCUT2D eigenvalue weighted by molar-refractivity contribution is 5.94. The molecule has 2 heterocycles. The van der Waals surface area contributed by atoms with E-state index in [1.54, 1.807) is 12.0 Å². The number of piperidine rings is 1. The summed E-state index contributed by atoms with van der Waals surface area (Å²) in [7, 11) is 3.46. The van der Waals surface area contributed by atoms with E-state index < -0.39 is 17.1 Å². The summed E-state index contributed by atoms with van der Waals surface area (Å²) < 4.78 is 19.1. The molecule has 7 heteroatoms. The molecule has 1 amide bonds. The number of hydrogen-bond donors (Lipinski definition) is 0. The molecule has 7 nitrogen and oxygen atoms in total. The average molecular weight is 541 g/mol. The zero-order chi connectivity index (χ0) is 28.2. The minimum atomic E-state index is -0.789. The Hall–Kier alpha value is -3.76. The van der Waals surface area contributed by atoms with Crippen LogP contribution in [-0.4, -0.2) is 72.7 Å². The van der Waals surface area contributed by atoms with Gasteiger partial charge in [-0.3, -0.25) is 14.5 Å². The first-order valence-corrected chi connectivity index (χ1v) is 14.0. The number of amides is 1. The van der Waals surface area contributed by atoms with Crippen LogP contribution in [0.2, 0.25) is 0 Å². The molecule has 2 aliphatic carbocycles. The number of likely N-dealkylation sites (N-methyl/N-ethyl adjacent to an activating group) is 1. The molecule has 2 bridgehead atoms. The van der Waals surface area contributed by atoms with Crippen molar-refractivity contribution < 1.29 is 23.8 Å². The lowest BCUT2D eigenvalue weighted by Gasteiger charge is -2.65. The van der Waals surface area contributed by atoms with Crippen molar-refractivity contribution >= 4 is 11.9 Å². The van der Waals surface area contributed by atoms with Gasteiger partial charge in [-0.25, -0.2) is 0 Å². The van der Waals surface area contributed by atoms with E-state index in [0.717, 1.165) is 41.8 Å². The highest BCUT2D eigenvalue weighted by Gasteiger charge is 2.75. The van der Waals surface area contributed by atoms with Crippen molar-refractivity contribution in [2.45, 2.75) is 68.7 Å². The van der Waals surface area contributed by atoms with Crippen molar-refractivity contribution in [2.75, 3.05) is 27.2 Å². The van der Waals surface area contributed by atoms with Crippen LogP contribution in [0.15, 0.2) is 49.1 Å². The fourth-order valence-electron chi connectivity index (χ4n) is 8.06. The van der Waals surface area contributed by atoms with Crippen molar-refractivity contribution in [3.8, 4) is 23.3 Å². The van der Waals surface area contributed by atoms with Crippen LogP contribution in [0.3, 0.4) is 0 Å². The molecule has 1 saturated heterocycles. The van der Waals surface area contributed by atoms with Gasteiger partial charge in [-0.15, -0.1) is 6.58 Å². The molecule has 0 N–H and O–H groups in total. The zero-order valence-electron chi connectivity index (χ0n) is 23.7. The Morgan fingerprint density at radius 3 is 2.83 bits per heavy atom. The molecule has 1 saturated carbocycles. The number of nitrogens with zero attached hydrogens (tertiary/aromatic N) is 2. The van der Waals surface area contributed by atoms with E-state index in [4.69, 9.17) is 14.2 Å². The summed E-state index contributed by atoms with van der Waals surface area (Å²) >= 11 is 0. The number of hydrogen-bond acceptors (Lipinski definition) is 6. The maximum Gasteiger partial charge on any atom is 0.303 e. The molecule has 40 heavy (non-hydrogen) atoms. The quantitative estimate of drug-likeness (QED) is 0.327. The van der Waals surface area contributed by atoms with Crippen LogP contribution >= 0.6 is 0 Å². The topological polar surface area (TPSA) is 68.3 Å². The van der Waals surface area contributed by atoms with Gasteiger partial charge in [-0.2, -0.15) is 0 Å². The molecule has 2 aliphatic heterocycles. The molecule has 2 aromatic rings. The van der Waals surface area contributed by atoms with Crippen molar-refractivity contribution in [1.29, 1.82) is 0 Å². The second-order valence-corrected chi connectivity index (χ2v) is 11.5. The van der Waals surface area contributed by atoms with Gasteiger partial charge in [0.25, 0.3) is 5.91 Å². The first-order valence-electron chi connectivity index (χ1n) is 14.0. The zero-order valence-corrected chi connectivity index (χ0v) is 23.7.